The monoisotopic (exact) mass is 531 g/mol. The lowest BCUT2D eigenvalue weighted by molar-refractivity contribution is -0.121. The lowest BCUT2D eigenvalue weighted by atomic mass is 9.98. The van der Waals surface area contributed by atoms with E-state index in [1.54, 1.807) is 13.1 Å². The van der Waals surface area contributed by atoms with Crippen molar-refractivity contribution in [2.45, 2.75) is 58.1 Å². The summed E-state index contributed by atoms with van der Waals surface area (Å²) in [6.07, 6.45) is 0.428. The van der Waals surface area contributed by atoms with Gasteiger partial charge >= 0.3 is 12.1 Å². The Morgan fingerprint density at radius 2 is 1.81 bits per heavy atom. The van der Waals surface area contributed by atoms with Crippen LogP contribution in [0.5, 0.6) is 0 Å². The van der Waals surface area contributed by atoms with Crippen molar-refractivity contribution in [3.63, 3.8) is 0 Å². The summed E-state index contributed by atoms with van der Waals surface area (Å²) >= 11 is 1.44. The van der Waals surface area contributed by atoms with Crippen molar-refractivity contribution in [3.05, 3.63) is 34.9 Å². The summed E-state index contributed by atoms with van der Waals surface area (Å²) in [4.78, 5) is 46.4. The molecule has 0 radical (unpaired) electrons. The van der Waals surface area contributed by atoms with E-state index in [1.807, 2.05) is 46.8 Å². The Labute approximate surface area is 222 Å². The van der Waals surface area contributed by atoms with Gasteiger partial charge < -0.3 is 25.4 Å². The van der Waals surface area contributed by atoms with Gasteiger partial charge in [-0.1, -0.05) is 6.07 Å². The number of benzene rings is 1. The average molecular weight is 532 g/mol. The second kappa shape index (κ2) is 13.3. The number of aromatic nitrogens is 2. The molecule has 0 aliphatic carbocycles. The van der Waals surface area contributed by atoms with Crippen LogP contribution < -0.4 is 11.1 Å². The summed E-state index contributed by atoms with van der Waals surface area (Å²) in [7, 11) is 3.00. The molecular weight excluding hydrogens is 494 g/mol. The number of thioether (sulfide) groups is 1. The molecule has 2 rings (SSSR count). The van der Waals surface area contributed by atoms with Crippen LogP contribution in [0.1, 0.15) is 55.1 Å². The van der Waals surface area contributed by atoms with E-state index >= 15 is 0 Å². The molecule has 0 aliphatic rings. The molecule has 0 fully saturated rings. The van der Waals surface area contributed by atoms with Gasteiger partial charge in [0.15, 0.2) is 0 Å². The summed E-state index contributed by atoms with van der Waals surface area (Å²) < 4.78 is 10.2. The number of amides is 2. The zero-order valence-corrected chi connectivity index (χ0v) is 23.5. The van der Waals surface area contributed by atoms with Crippen molar-refractivity contribution in [2.24, 2.45) is 0 Å². The van der Waals surface area contributed by atoms with Gasteiger partial charge in [0.2, 0.25) is 11.9 Å². The highest BCUT2D eigenvalue weighted by atomic mass is 32.2. The first-order valence-corrected chi connectivity index (χ1v) is 13.0. The maximum atomic E-state index is 12.2. The van der Waals surface area contributed by atoms with Crippen LogP contribution in [0.3, 0.4) is 0 Å². The molecule has 202 valence electrons. The lowest BCUT2D eigenvalue weighted by Crippen LogP contribution is -2.35. The minimum Gasteiger partial charge on any atom is -0.465 e. The number of methoxy groups -OCH3 is 1. The minimum atomic E-state index is -0.555. The van der Waals surface area contributed by atoms with Crippen LogP contribution in [0.15, 0.2) is 23.2 Å². The van der Waals surface area contributed by atoms with E-state index in [9.17, 15) is 14.4 Å². The van der Waals surface area contributed by atoms with Crippen molar-refractivity contribution < 1.29 is 23.9 Å². The Balaban J connectivity index is 1.88. The average Bonchev–Trinajstić information content (AvgIpc) is 2.80. The summed E-state index contributed by atoms with van der Waals surface area (Å²) in [6.45, 7) is 10.1. The number of hydrogen-bond acceptors (Lipinski definition) is 9. The van der Waals surface area contributed by atoms with Gasteiger partial charge in [-0.05, 0) is 64.3 Å². The summed E-state index contributed by atoms with van der Waals surface area (Å²) in [5, 5.41) is 3.54. The number of rotatable bonds is 10. The van der Waals surface area contributed by atoms with E-state index < -0.39 is 17.7 Å². The van der Waals surface area contributed by atoms with Gasteiger partial charge in [0.25, 0.3) is 0 Å². The molecule has 11 heteroatoms. The van der Waals surface area contributed by atoms with E-state index in [1.165, 1.54) is 23.8 Å². The highest BCUT2D eigenvalue weighted by Crippen LogP contribution is 2.29. The molecule has 0 spiro atoms. The molecule has 0 unspecified atom stereocenters. The maximum Gasteiger partial charge on any atom is 0.410 e. The summed E-state index contributed by atoms with van der Waals surface area (Å²) in [6, 6.07) is 5.48. The SMILES string of the molecule is COC(=O)c1cc(-c2cc(SCCNC(=O)CCCN(C)C(=O)OC(C)(C)C)nc(N)n2)c(C)cc1C. The van der Waals surface area contributed by atoms with Gasteiger partial charge in [0.1, 0.15) is 10.6 Å². The second-order valence-corrected chi connectivity index (χ2v) is 10.7. The molecule has 0 aliphatic heterocycles. The number of nitrogens with zero attached hydrogens (tertiary/aromatic N) is 3. The number of aryl methyl sites for hydroxylation is 2. The van der Waals surface area contributed by atoms with Crippen molar-refractivity contribution >= 4 is 35.7 Å². The fraction of sp³-hybridized carbons (Fsp3) is 0.500. The van der Waals surface area contributed by atoms with Gasteiger partial charge in [0.05, 0.1) is 18.4 Å². The highest BCUT2D eigenvalue weighted by Gasteiger charge is 2.19. The first-order chi connectivity index (χ1) is 17.3. The van der Waals surface area contributed by atoms with Crippen LogP contribution in [0.25, 0.3) is 11.3 Å². The molecule has 0 saturated carbocycles. The van der Waals surface area contributed by atoms with Crippen LogP contribution in [0.2, 0.25) is 0 Å². The molecule has 0 saturated heterocycles. The van der Waals surface area contributed by atoms with E-state index in [2.05, 4.69) is 15.3 Å². The van der Waals surface area contributed by atoms with Crippen LogP contribution in [0, 0.1) is 13.8 Å². The standard InChI is InChI=1S/C26H37N5O5S/c1-16-13-17(2)19(23(33)35-7)14-18(16)20-15-22(30-24(27)29-20)37-12-10-28-21(32)9-8-11-31(6)25(34)36-26(3,4)5/h13-15H,8-12H2,1-7H3,(H,28,32)(H2,27,29,30). The first kappa shape index (κ1) is 29.9. The number of esters is 1. The topological polar surface area (TPSA) is 137 Å². The molecule has 3 N–H and O–H groups in total. The lowest BCUT2D eigenvalue weighted by Gasteiger charge is -2.24. The van der Waals surface area contributed by atoms with Crippen LogP contribution in [0.4, 0.5) is 10.7 Å². The Morgan fingerprint density at radius 3 is 2.46 bits per heavy atom. The predicted molar refractivity (Wildman–Crippen MR) is 145 cm³/mol. The second-order valence-electron chi connectivity index (χ2n) is 9.63. The van der Waals surface area contributed by atoms with Crippen molar-refractivity contribution in [2.75, 3.05) is 38.7 Å². The first-order valence-electron chi connectivity index (χ1n) is 12.0. The number of anilines is 1. The van der Waals surface area contributed by atoms with E-state index in [0.717, 1.165) is 16.7 Å². The Morgan fingerprint density at radius 1 is 1.11 bits per heavy atom. The van der Waals surface area contributed by atoms with Gasteiger partial charge in [-0.2, -0.15) is 0 Å². The van der Waals surface area contributed by atoms with Gasteiger partial charge in [-0.15, -0.1) is 11.8 Å². The maximum absolute atomic E-state index is 12.2. The third kappa shape index (κ3) is 9.56. The van der Waals surface area contributed by atoms with Crippen LogP contribution >= 0.6 is 11.8 Å². The molecular formula is C26H37N5O5S. The van der Waals surface area contributed by atoms with Gasteiger partial charge in [-0.3, -0.25) is 4.79 Å². The van der Waals surface area contributed by atoms with E-state index in [4.69, 9.17) is 15.2 Å². The molecule has 2 aromatic rings. The summed E-state index contributed by atoms with van der Waals surface area (Å²) in [5.41, 5.74) is 9.01. The third-order valence-electron chi connectivity index (χ3n) is 5.25. The largest absolute Gasteiger partial charge is 0.465 e. The molecule has 10 nitrogen and oxygen atoms in total. The van der Waals surface area contributed by atoms with Gasteiger partial charge in [0, 0.05) is 37.9 Å². The quantitative estimate of drug-likeness (QED) is 0.202. The predicted octanol–water partition coefficient (Wildman–Crippen LogP) is 3.98. The number of nitrogen functional groups attached to an aromatic ring is 1. The summed E-state index contributed by atoms with van der Waals surface area (Å²) in [5.74, 6) is 0.201. The smallest absolute Gasteiger partial charge is 0.410 e. The fourth-order valence-corrected chi connectivity index (χ4v) is 4.22. The Kier molecular flexibility index (Phi) is 10.7. The van der Waals surface area contributed by atoms with Crippen molar-refractivity contribution in [3.8, 4) is 11.3 Å². The number of hydrogen-bond donors (Lipinski definition) is 2. The number of nitrogens with one attached hydrogen (secondary N) is 1. The third-order valence-corrected chi connectivity index (χ3v) is 6.16. The molecule has 37 heavy (non-hydrogen) atoms. The number of nitrogens with two attached hydrogens (primary N) is 1. The normalized spacial score (nSPS) is 11.1. The van der Waals surface area contributed by atoms with E-state index in [-0.39, 0.29) is 11.9 Å². The fourth-order valence-electron chi connectivity index (χ4n) is 3.46. The van der Waals surface area contributed by atoms with Crippen LogP contribution in [-0.2, 0) is 14.3 Å². The molecule has 1 heterocycles. The number of ether oxygens (including phenoxy) is 2. The zero-order valence-electron chi connectivity index (χ0n) is 22.6. The molecule has 2 amide bonds. The Bertz CT molecular complexity index is 1130. The van der Waals surface area contributed by atoms with Crippen LogP contribution in [-0.4, -0.2) is 71.4 Å². The number of carbonyl (C=O) groups is 3. The molecule has 1 aromatic carbocycles. The van der Waals surface area contributed by atoms with Gasteiger partial charge in [-0.25, -0.2) is 19.6 Å². The Hall–Kier alpha value is -3.34. The highest BCUT2D eigenvalue weighted by molar-refractivity contribution is 7.99. The van der Waals surface area contributed by atoms with E-state index in [0.29, 0.717) is 48.0 Å². The van der Waals surface area contributed by atoms with Crippen molar-refractivity contribution in [1.82, 2.24) is 20.2 Å². The molecule has 0 bridgehead atoms. The van der Waals surface area contributed by atoms with Crippen molar-refractivity contribution in [1.29, 1.82) is 0 Å². The molecule has 0 atom stereocenters. The molecule has 1 aromatic heterocycles. The zero-order chi connectivity index (χ0) is 27.8. The number of carbonyl (C=O) groups excluding carboxylic acids is 3. The minimum absolute atomic E-state index is 0.0910.